The molecule has 1 aromatic carbocycles. The number of urea groups is 1. The van der Waals surface area contributed by atoms with Crippen LogP contribution in [-0.2, 0) is 0 Å². The van der Waals surface area contributed by atoms with Crippen LogP contribution in [0.3, 0.4) is 0 Å². The normalized spacial score (nSPS) is 20.1. The Morgan fingerprint density at radius 1 is 1.42 bits per heavy atom. The molecule has 6 nitrogen and oxygen atoms in total. The molecule has 1 atom stereocenters. The van der Waals surface area contributed by atoms with Crippen molar-refractivity contribution in [2.75, 3.05) is 16.8 Å². The third-order valence-electron chi connectivity index (χ3n) is 4.36. The van der Waals surface area contributed by atoms with Crippen LogP contribution in [0.5, 0.6) is 0 Å². The summed E-state index contributed by atoms with van der Waals surface area (Å²) in [6.45, 7) is 2.61. The highest BCUT2D eigenvalue weighted by Gasteiger charge is 2.31. The fourth-order valence-electron chi connectivity index (χ4n) is 2.98. The van der Waals surface area contributed by atoms with Crippen LogP contribution in [0.2, 0.25) is 0 Å². The summed E-state index contributed by atoms with van der Waals surface area (Å²) in [6.07, 6.45) is 2.23. The minimum atomic E-state index is -0.129. The van der Waals surface area contributed by atoms with Crippen LogP contribution < -0.4 is 15.5 Å². The molecule has 0 radical (unpaired) electrons. The van der Waals surface area contributed by atoms with Gasteiger partial charge in [0.1, 0.15) is 4.88 Å². The summed E-state index contributed by atoms with van der Waals surface area (Å²) >= 11 is 1.38. The average molecular weight is 342 g/mol. The second kappa shape index (κ2) is 5.90. The molecule has 1 saturated heterocycles. The minimum Gasteiger partial charge on any atom is -0.336 e. The third kappa shape index (κ3) is 2.75. The summed E-state index contributed by atoms with van der Waals surface area (Å²) < 4.78 is 0. The van der Waals surface area contributed by atoms with Crippen molar-refractivity contribution < 1.29 is 9.59 Å². The molecule has 2 aliphatic rings. The topological polar surface area (TPSA) is 74.3 Å². The number of hydrogen-bond donors (Lipinski definition) is 2. The third-order valence-corrected chi connectivity index (χ3v) is 5.20. The lowest BCUT2D eigenvalue weighted by Crippen LogP contribution is -2.32. The molecule has 1 aliphatic carbocycles. The lowest BCUT2D eigenvalue weighted by molar-refractivity contribution is 0.102. The average Bonchev–Trinajstić information content (AvgIpc) is 3.19. The van der Waals surface area contributed by atoms with Gasteiger partial charge in [-0.05, 0) is 38.0 Å². The van der Waals surface area contributed by atoms with Crippen LogP contribution in [0.4, 0.5) is 16.2 Å². The van der Waals surface area contributed by atoms with E-state index in [0.717, 1.165) is 24.2 Å². The summed E-state index contributed by atoms with van der Waals surface area (Å²) in [5, 5.41) is 5.75. The highest BCUT2D eigenvalue weighted by Crippen LogP contribution is 2.42. The van der Waals surface area contributed by atoms with Crippen molar-refractivity contribution in [3.63, 3.8) is 0 Å². The number of anilines is 2. The van der Waals surface area contributed by atoms with E-state index in [9.17, 15) is 9.59 Å². The molecule has 2 fully saturated rings. The maximum absolute atomic E-state index is 12.6. The maximum atomic E-state index is 12.6. The van der Waals surface area contributed by atoms with E-state index in [1.807, 2.05) is 31.2 Å². The maximum Gasteiger partial charge on any atom is 0.322 e. The van der Waals surface area contributed by atoms with Crippen LogP contribution in [0.1, 0.15) is 41.0 Å². The number of carbonyl (C=O) groups excluding carboxylic acids is 2. The van der Waals surface area contributed by atoms with E-state index in [1.165, 1.54) is 11.3 Å². The summed E-state index contributed by atoms with van der Waals surface area (Å²) in [4.78, 5) is 31.2. The highest BCUT2D eigenvalue weighted by molar-refractivity contribution is 7.12. The Labute approximate surface area is 143 Å². The van der Waals surface area contributed by atoms with E-state index in [2.05, 4.69) is 15.6 Å². The molecule has 1 saturated carbocycles. The standard InChI is InChI=1S/C17H18N4O2S/c1-10-8-18-17(23)21(10)13-4-2-3-12(7-13)20-16(22)15-14(11-5-6-11)19-9-24-15/h2-4,7,9-11H,5-6,8H2,1H3,(H,18,23)(H,20,22)/t10-/m0/s1. The number of carbonyl (C=O) groups is 2. The van der Waals surface area contributed by atoms with Gasteiger partial charge in [0.05, 0.1) is 17.2 Å². The zero-order valence-electron chi connectivity index (χ0n) is 13.3. The lowest BCUT2D eigenvalue weighted by Gasteiger charge is -2.20. The van der Waals surface area contributed by atoms with Gasteiger partial charge in [0.25, 0.3) is 5.91 Å². The molecule has 2 heterocycles. The van der Waals surface area contributed by atoms with Gasteiger partial charge in [-0.15, -0.1) is 11.3 Å². The first kappa shape index (κ1) is 15.1. The second-order valence-corrected chi connectivity index (χ2v) is 7.11. The van der Waals surface area contributed by atoms with E-state index in [-0.39, 0.29) is 18.0 Å². The quantitative estimate of drug-likeness (QED) is 0.896. The highest BCUT2D eigenvalue weighted by atomic mass is 32.1. The van der Waals surface area contributed by atoms with Crippen molar-refractivity contribution in [2.24, 2.45) is 0 Å². The van der Waals surface area contributed by atoms with E-state index >= 15 is 0 Å². The molecular formula is C17H18N4O2S. The first-order valence-electron chi connectivity index (χ1n) is 8.05. The van der Waals surface area contributed by atoms with Crippen LogP contribution in [-0.4, -0.2) is 29.5 Å². The van der Waals surface area contributed by atoms with E-state index in [1.54, 1.807) is 10.4 Å². The van der Waals surface area contributed by atoms with Gasteiger partial charge in [0.15, 0.2) is 0 Å². The fraction of sp³-hybridized carbons (Fsp3) is 0.353. The Hall–Kier alpha value is -2.41. The number of thiazole rings is 1. The molecule has 2 aromatic rings. The number of rotatable bonds is 4. The number of amides is 3. The second-order valence-electron chi connectivity index (χ2n) is 6.25. The Kier molecular flexibility index (Phi) is 3.72. The van der Waals surface area contributed by atoms with Gasteiger partial charge in [-0.2, -0.15) is 0 Å². The van der Waals surface area contributed by atoms with Gasteiger partial charge in [-0.25, -0.2) is 9.78 Å². The zero-order valence-corrected chi connectivity index (χ0v) is 14.1. The molecule has 1 aliphatic heterocycles. The minimum absolute atomic E-state index is 0.0893. The largest absolute Gasteiger partial charge is 0.336 e. The molecule has 0 spiro atoms. The summed E-state index contributed by atoms with van der Waals surface area (Å²) in [6, 6.07) is 7.36. The van der Waals surface area contributed by atoms with Crippen molar-refractivity contribution in [2.45, 2.75) is 31.7 Å². The van der Waals surface area contributed by atoms with E-state index < -0.39 is 0 Å². The van der Waals surface area contributed by atoms with Crippen LogP contribution in [0, 0.1) is 0 Å². The Morgan fingerprint density at radius 3 is 2.96 bits per heavy atom. The predicted molar refractivity (Wildman–Crippen MR) is 93.8 cm³/mol. The summed E-state index contributed by atoms with van der Waals surface area (Å²) in [7, 11) is 0. The van der Waals surface area contributed by atoms with Crippen LogP contribution in [0.15, 0.2) is 29.8 Å². The van der Waals surface area contributed by atoms with Crippen LogP contribution in [0.25, 0.3) is 0 Å². The van der Waals surface area contributed by atoms with Crippen molar-refractivity contribution in [3.05, 3.63) is 40.3 Å². The Bertz CT molecular complexity index is 799. The van der Waals surface area contributed by atoms with Crippen molar-refractivity contribution in [1.82, 2.24) is 10.3 Å². The first-order valence-corrected chi connectivity index (χ1v) is 8.93. The molecule has 4 rings (SSSR count). The summed E-state index contributed by atoms with van der Waals surface area (Å²) in [5.74, 6) is 0.313. The van der Waals surface area contributed by atoms with Gasteiger partial charge >= 0.3 is 6.03 Å². The number of nitrogens with one attached hydrogen (secondary N) is 2. The number of nitrogens with zero attached hydrogens (tertiary/aromatic N) is 2. The molecule has 0 bridgehead atoms. The fourth-order valence-corrected chi connectivity index (χ4v) is 3.75. The van der Waals surface area contributed by atoms with Gasteiger partial charge in [0, 0.05) is 23.8 Å². The lowest BCUT2D eigenvalue weighted by atomic mass is 10.2. The van der Waals surface area contributed by atoms with Gasteiger partial charge in [-0.1, -0.05) is 6.07 Å². The van der Waals surface area contributed by atoms with Crippen LogP contribution >= 0.6 is 11.3 Å². The van der Waals surface area contributed by atoms with Crippen molar-refractivity contribution >= 4 is 34.6 Å². The molecule has 7 heteroatoms. The molecular weight excluding hydrogens is 324 g/mol. The zero-order chi connectivity index (χ0) is 16.7. The molecule has 1 aromatic heterocycles. The molecule has 0 unspecified atom stereocenters. The Morgan fingerprint density at radius 2 is 2.25 bits per heavy atom. The van der Waals surface area contributed by atoms with Gasteiger partial charge in [0.2, 0.25) is 0 Å². The van der Waals surface area contributed by atoms with Gasteiger partial charge in [-0.3, -0.25) is 9.69 Å². The Balaban J connectivity index is 1.54. The van der Waals surface area contributed by atoms with Crippen molar-refractivity contribution in [3.8, 4) is 0 Å². The number of benzene rings is 1. The molecule has 24 heavy (non-hydrogen) atoms. The molecule has 2 N–H and O–H groups in total. The van der Waals surface area contributed by atoms with E-state index in [4.69, 9.17) is 0 Å². The van der Waals surface area contributed by atoms with Crippen molar-refractivity contribution in [1.29, 1.82) is 0 Å². The summed E-state index contributed by atoms with van der Waals surface area (Å²) in [5.41, 5.74) is 4.11. The number of aromatic nitrogens is 1. The predicted octanol–water partition coefficient (Wildman–Crippen LogP) is 3.19. The SMILES string of the molecule is C[C@H]1CNC(=O)N1c1cccc(NC(=O)c2scnc2C2CC2)c1. The smallest absolute Gasteiger partial charge is 0.322 e. The number of hydrogen-bond acceptors (Lipinski definition) is 4. The van der Waals surface area contributed by atoms with E-state index in [0.29, 0.717) is 23.0 Å². The first-order chi connectivity index (χ1) is 11.6. The molecule has 124 valence electrons. The monoisotopic (exact) mass is 342 g/mol. The van der Waals surface area contributed by atoms with Gasteiger partial charge < -0.3 is 10.6 Å². The molecule has 3 amide bonds.